The lowest BCUT2D eigenvalue weighted by molar-refractivity contribution is -0.148. The Morgan fingerprint density at radius 2 is 2.20 bits per heavy atom. The first-order chi connectivity index (χ1) is 9.46. The third-order valence-electron chi connectivity index (χ3n) is 3.20. The van der Waals surface area contributed by atoms with E-state index in [0.717, 1.165) is 21.8 Å². The van der Waals surface area contributed by atoms with E-state index in [-0.39, 0.29) is 5.97 Å². The highest BCUT2D eigenvalue weighted by atomic mass is 32.1. The molecule has 5 heteroatoms. The van der Waals surface area contributed by atoms with Gasteiger partial charge in [-0.3, -0.25) is 9.78 Å². The molecule has 2 heterocycles. The topological polar surface area (TPSA) is 52.1 Å². The van der Waals surface area contributed by atoms with Gasteiger partial charge in [0.2, 0.25) is 0 Å². The molecule has 0 unspecified atom stereocenters. The molecule has 20 heavy (non-hydrogen) atoms. The van der Waals surface area contributed by atoms with Crippen molar-refractivity contribution in [3.63, 3.8) is 0 Å². The molecule has 2 aromatic heterocycles. The van der Waals surface area contributed by atoms with Crippen molar-refractivity contribution in [2.45, 2.75) is 33.1 Å². The highest BCUT2D eigenvalue weighted by Crippen LogP contribution is 2.31. The number of carbonyl (C=O) groups excluding carboxylic acids is 1. The number of ether oxygens (including phenoxy) is 1. The van der Waals surface area contributed by atoms with Crippen molar-refractivity contribution in [1.29, 1.82) is 0 Å². The van der Waals surface area contributed by atoms with Crippen molar-refractivity contribution in [3.8, 4) is 10.6 Å². The molecule has 0 N–H and O–H groups in total. The minimum atomic E-state index is -0.735. The van der Waals surface area contributed by atoms with Crippen LogP contribution in [0.1, 0.15) is 32.0 Å². The third-order valence-corrected chi connectivity index (χ3v) is 4.08. The van der Waals surface area contributed by atoms with Gasteiger partial charge in [0.25, 0.3) is 0 Å². The van der Waals surface area contributed by atoms with E-state index in [9.17, 15) is 4.79 Å². The smallest absolute Gasteiger partial charge is 0.317 e. The number of thiazole rings is 1. The summed E-state index contributed by atoms with van der Waals surface area (Å²) in [6.45, 7) is 7.87. The van der Waals surface area contributed by atoms with Crippen LogP contribution in [0, 0.1) is 6.92 Å². The zero-order chi connectivity index (χ0) is 14.8. The van der Waals surface area contributed by atoms with Crippen LogP contribution in [0.4, 0.5) is 0 Å². The number of rotatable bonds is 4. The van der Waals surface area contributed by atoms with Crippen LogP contribution in [0.5, 0.6) is 0 Å². The van der Waals surface area contributed by atoms with Crippen LogP contribution in [0.15, 0.2) is 23.8 Å². The molecule has 0 aliphatic heterocycles. The number of aromatic nitrogens is 2. The molecule has 0 spiro atoms. The minimum absolute atomic E-state index is 0.250. The molecular weight excluding hydrogens is 272 g/mol. The fourth-order valence-electron chi connectivity index (χ4n) is 1.79. The maximum atomic E-state index is 12.0. The molecule has 0 fully saturated rings. The molecule has 2 aromatic rings. The average Bonchev–Trinajstić information content (AvgIpc) is 2.89. The highest BCUT2D eigenvalue weighted by Gasteiger charge is 2.34. The Morgan fingerprint density at radius 1 is 1.45 bits per heavy atom. The second-order valence-electron chi connectivity index (χ2n) is 5.07. The molecule has 0 aliphatic rings. The Bertz CT molecular complexity index is 620. The van der Waals surface area contributed by atoms with Gasteiger partial charge in [-0.2, -0.15) is 0 Å². The number of nitrogens with zero attached hydrogens (tertiary/aromatic N) is 2. The van der Waals surface area contributed by atoms with Crippen molar-refractivity contribution < 1.29 is 9.53 Å². The first kappa shape index (κ1) is 14.7. The SMILES string of the molecule is CCOC(=O)C(C)(C)c1csc(-c2cnccc2C)n1. The third kappa shape index (κ3) is 2.72. The maximum Gasteiger partial charge on any atom is 0.317 e. The van der Waals surface area contributed by atoms with E-state index in [4.69, 9.17) is 4.74 Å². The number of hydrogen-bond donors (Lipinski definition) is 0. The van der Waals surface area contributed by atoms with Crippen LogP contribution < -0.4 is 0 Å². The predicted molar refractivity (Wildman–Crippen MR) is 79.7 cm³/mol. The Hall–Kier alpha value is -1.75. The summed E-state index contributed by atoms with van der Waals surface area (Å²) < 4.78 is 5.11. The predicted octanol–water partition coefficient (Wildman–Crippen LogP) is 3.35. The van der Waals surface area contributed by atoms with Crippen LogP contribution >= 0.6 is 11.3 Å². The standard InChI is InChI=1S/C15H18N2O2S/c1-5-19-14(18)15(3,4)12-9-20-13(17-12)11-8-16-7-6-10(11)2/h6-9H,5H2,1-4H3. The maximum absolute atomic E-state index is 12.0. The largest absolute Gasteiger partial charge is 0.465 e. The summed E-state index contributed by atoms with van der Waals surface area (Å²) in [5.74, 6) is -0.250. The lowest BCUT2D eigenvalue weighted by atomic mass is 9.90. The second-order valence-corrected chi connectivity index (χ2v) is 5.93. The number of aryl methyl sites for hydroxylation is 1. The fraction of sp³-hybridized carbons (Fsp3) is 0.400. The van der Waals surface area contributed by atoms with Crippen molar-refractivity contribution in [2.24, 2.45) is 0 Å². The molecular formula is C15H18N2O2S. The zero-order valence-electron chi connectivity index (χ0n) is 12.1. The summed E-state index contributed by atoms with van der Waals surface area (Å²) >= 11 is 1.52. The van der Waals surface area contributed by atoms with Gasteiger partial charge in [0.05, 0.1) is 12.3 Å². The van der Waals surface area contributed by atoms with E-state index in [1.54, 1.807) is 19.3 Å². The van der Waals surface area contributed by atoms with Gasteiger partial charge in [-0.1, -0.05) is 0 Å². The van der Waals surface area contributed by atoms with E-state index < -0.39 is 5.41 Å². The fourth-order valence-corrected chi connectivity index (χ4v) is 2.85. The molecule has 0 aromatic carbocycles. The molecule has 0 aliphatic carbocycles. The van der Waals surface area contributed by atoms with Crippen LogP contribution in [0.25, 0.3) is 10.6 Å². The van der Waals surface area contributed by atoms with Crippen LogP contribution in [-0.2, 0) is 14.9 Å². The lowest BCUT2D eigenvalue weighted by Crippen LogP contribution is -2.31. The Balaban J connectivity index is 2.34. The summed E-state index contributed by atoms with van der Waals surface area (Å²) in [6, 6.07) is 1.95. The first-order valence-electron chi connectivity index (χ1n) is 6.51. The molecule has 0 saturated carbocycles. The molecule has 0 atom stereocenters. The van der Waals surface area contributed by atoms with Gasteiger partial charge in [-0.15, -0.1) is 11.3 Å². The van der Waals surface area contributed by atoms with Crippen LogP contribution in [0.2, 0.25) is 0 Å². The van der Waals surface area contributed by atoms with Crippen LogP contribution in [0.3, 0.4) is 0 Å². The molecule has 0 saturated heterocycles. The number of hydrogen-bond acceptors (Lipinski definition) is 5. The van der Waals surface area contributed by atoms with Gasteiger partial charge in [0.1, 0.15) is 10.4 Å². The first-order valence-corrected chi connectivity index (χ1v) is 7.39. The van der Waals surface area contributed by atoms with Gasteiger partial charge in [0.15, 0.2) is 0 Å². The van der Waals surface area contributed by atoms with Crippen molar-refractivity contribution >= 4 is 17.3 Å². The Morgan fingerprint density at radius 3 is 2.85 bits per heavy atom. The van der Waals surface area contributed by atoms with Gasteiger partial charge >= 0.3 is 5.97 Å². The minimum Gasteiger partial charge on any atom is -0.465 e. The molecule has 0 amide bonds. The van der Waals surface area contributed by atoms with Gasteiger partial charge < -0.3 is 4.74 Å². The van der Waals surface area contributed by atoms with Crippen molar-refractivity contribution in [3.05, 3.63) is 35.1 Å². The Labute approximate surface area is 122 Å². The normalized spacial score (nSPS) is 11.4. The summed E-state index contributed by atoms with van der Waals surface area (Å²) in [5, 5.41) is 2.79. The van der Waals surface area contributed by atoms with E-state index in [0.29, 0.717) is 6.61 Å². The highest BCUT2D eigenvalue weighted by molar-refractivity contribution is 7.13. The molecule has 2 rings (SSSR count). The number of carbonyl (C=O) groups is 1. The molecule has 106 valence electrons. The lowest BCUT2D eigenvalue weighted by Gasteiger charge is -2.19. The average molecular weight is 290 g/mol. The number of pyridine rings is 1. The quantitative estimate of drug-likeness (QED) is 0.810. The molecule has 0 bridgehead atoms. The number of esters is 1. The monoisotopic (exact) mass is 290 g/mol. The summed E-state index contributed by atoms with van der Waals surface area (Å²) in [6.07, 6.45) is 3.56. The van der Waals surface area contributed by atoms with E-state index in [1.807, 2.05) is 32.2 Å². The van der Waals surface area contributed by atoms with Crippen LogP contribution in [-0.4, -0.2) is 22.5 Å². The van der Waals surface area contributed by atoms with Crippen molar-refractivity contribution in [1.82, 2.24) is 9.97 Å². The molecule has 4 nitrogen and oxygen atoms in total. The van der Waals surface area contributed by atoms with Gasteiger partial charge in [0, 0.05) is 23.3 Å². The van der Waals surface area contributed by atoms with Gasteiger partial charge in [-0.25, -0.2) is 4.98 Å². The van der Waals surface area contributed by atoms with E-state index >= 15 is 0 Å². The zero-order valence-corrected chi connectivity index (χ0v) is 13.0. The Kier molecular flexibility index (Phi) is 4.18. The van der Waals surface area contributed by atoms with E-state index in [1.165, 1.54) is 11.3 Å². The summed E-state index contributed by atoms with van der Waals surface area (Å²) in [4.78, 5) is 20.7. The molecule has 0 radical (unpaired) electrons. The van der Waals surface area contributed by atoms with Gasteiger partial charge in [-0.05, 0) is 39.3 Å². The second kappa shape index (κ2) is 5.71. The summed E-state index contributed by atoms with van der Waals surface area (Å²) in [7, 11) is 0. The van der Waals surface area contributed by atoms with E-state index in [2.05, 4.69) is 9.97 Å². The summed E-state index contributed by atoms with van der Waals surface area (Å²) in [5.41, 5.74) is 2.12. The van der Waals surface area contributed by atoms with Crippen molar-refractivity contribution in [2.75, 3.05) is 6.61 Å².